The van der Waals surface area contributed by atoms with Crippen molar-refractivity contribution >= 4 is 17.6 Å². The van der Waals surface area contributed by atoms with Crippen molar-refractivity contribution in [2.75, 3.05) is 5.32 Å². The number of carboxylic acids is 1. The van der Waals surface area contributed by atoms with Gasteiger partial charge in [0.1, 0.15) is 11.5 Å². The second kappa shape index (κ2) is 6.74. The normalized spacial score (nSPS) is 10.3. The van der Waals surface area contributed by atoms with Crippen LogP contribution < -0.4 is 10.4 Å². The molecular formula is C16H16NO4-. The van der Waals surface area contributed by atoms with Gasteiger partial charge in [0, 0.05) is 30.5 Å². The van der Waals surface area contributed by atoms with Crippen molar-refractivity contribution in [2.45, 2.75) is 26.2 Å². The summed E-state index contributed by atoms with van der Waals surface area (Å²) in [5.41, 5.74) is 0.216. The summed E-state index contributed by atoms with van der Waals surface area (Å²) >= 11 is 0. The highest BCUT2D eigenvalue weighted by Gasteiger charge is 2.09. The molecule has 0 bridgehead atoms. The number of carbonyl (C=O) groups is 2. The number of carbonyl (C=O) groups excluding carboxylic acids is 2. The molecule has 21 heavy (non-hydrogen) atoms. The molecule has 1 heterocycles. The van der Waals surface area contributed by atoms with Gasteiger partial charge in [0.2, 0.25) is 5.91 Å². The maximum absolute atomic E-state index is 11.9. The minimum absolute atomic E-state index is 0.0304. The average Bonchev–Trinajstić information content (AvgIpc) is 2.93. The van der Waals surface area contributed by atoms with E-state index in [-0.39, 0.29) is 23.6 Å². The van der Waals surface area contributed by atoms with Crippen LogP contribution in [0.2, 0.25) is 0 Å². The Morgan fingerprint density at radius 3 is 2.52 bits per heavy atom. The van der Waals surface area contributed by atoms with Crippen LogP contribution >= 0.6 is 0 Å². The summed E-state index contributed by atoms with van der Waals surface area (Å²) in [5, 5.41) is 13.5. The quantitative estimate of drug-likeness (QED) is 0.877. The fourth-order valence-electron chi connectivity index (χ4n) is 1.97. The van der Waals surface area contributed by atoms with Crippen LogP contribution in [-0.4, -0.2) is 11.9 Å². The van der Waals surface area contributed by atoms with E-state index in [1.807, 2.05) is 19.1 Å². The smallest absolute Gasteiger partial charge is 0.224 e. The molecule has 0 saturated carbocycles. The van der Waals surface area contributed by atoms with Crippen LogP contribution in [0.1, 0.15) is 35.2 Å². The Labute approximate surface area is 122 Å². The summed E-state index contributed by atoms with van der Waals surface area (Å²) in [7, 11) is 0. The highest BCUT2D eigenvalue weighted by atomic mass is 16.4. The molecule has 0 spiro atoms. The lowest BCUT2D eigenvalue weighted by molar-refractivity contribution is -0.254. The SMILES string of the molecule is CCc1ccc(CCC(=O)Nc2ccccc2C(=O)[O-])o1. The van der Waals surface area contributed by atoms with E-state index in [0.717, 1.165) is 17.9 Å². The maximum atomic E-state index is 11.9. The highest BCUT2D eigenvalue weighted by molar-refractivity contribution is 5.99. The van der Waals surface area contributed by atoms with Crippen LogP contribution in [0.15, 0.2) is 40.8 Å². The van der Waals surface area contributed by atoms with E-state index in [2.05, 4.69) is 5.32 Å². The standard InChI is InChI=1S/C16H17NO4/c1-2-11-7-8-12(21-11)9-10-15(18)17-14-6-4-3-5-13(14)16(19)20/h3-8H,2,9-10H2,1H3,(H,17,18)(H,19,20)/p-1. The van der Waals surface area contributed by atoms with E-state index in [1.54, 1.807) is 12.1 Å². The molecule has 0 fully saturated rings. The monoisotopic (exact) mass is 286 g/mol. The van der Waals surface area contributed by atoms with Gasteiger partial charge in [-0.25, -0.2) is 0 Å². The first-order chi connectivity index (χ1) is 10.1. The number of nitrogens with one attached hydrogen (secondary N) is 1. The van der Waals surface area contributed by atoms with E-state index >= 15 is 0 Å². The Balaban J connectivity index is 1.94. The maximum Gasteiger partial charge on any atom is 0.224 e. The number of benzene rings is 1. The predicted octanol–water partition coefficient (Wildman–Crippen LogP) is 1.78. The van der Waals surface area contributed by atoms with Crippen LogP contribution in [0, 0.1) is 0 Å². The zero-order chi connectivity index (χ0) is 15.2. The summed E-state index contributed by atoms with van der Waals surface area (Å²) in [6, 6.07) is 9.90. The molecule has 1 N–H and O–H groups in total. The lowest BCUT2D eigenvalue weighted by Crippen LogP contribution is -2.24. The molecule has 0 saturated heterocycles. The number of hydrogen-bond donors (Lipinski definition) is 1. The molecule has 110 valence electrons. The van der Waals surface area contributed by atoms with Crippen LogP contribution in [-0.2, 0) is 17.6 Å². The number of carboxylic acid groups (broad SMARTS) is 1. The van der Waals surface area contributed by atoms with Crippen LogP contribution in [0.4, 0.5) is 5.69 Å². The molecule has 0 atom stereocenters. The van der Waals surface area contributed by atoms with Crippen LogP contribution in [0.25, 0.3) is 0 Å². The number of para-hydroxylation sites is 1. The summed E-state index contributed by atoms with van der Waals surface area (Å²) in [6.07, 6.45) is 1.50. The highest BCUT2D eigenvalue weighted by Crippen LogP contribution is 2.15. The summed E-state index contributed by atoms with van der Waals surface area (Å²) in [6.45, 7) is 1.99. The van der Waals surface area contributed by atoms with Crippen molar-refractivity contribution < 1.29 is 19.1 Å². The molecule has 0 aliphatic carbocycles. The first kappa shape index (κ1) is 14.8. The van der Waals surface area contributed by atoms with Crippen molar-refractivity contribution in [3.05, 3.63) is 53.5 Å². The number of rotatable bonds is 6. The minimum atomic E-state index is -1.32. The van der Waals surface area contributed by atoms with Gasteiger partial charge in [-0.1, -0.05) is 25.1 Å². The fourth-order valence-corrected chi connectivity index (χ4v) is 1.97. The van der Waals surface area contributed by atoms with Gasteiger partial charge >= 0.3 is 0 Å². The van der Waals surface area contributed by atoms with Gasteiger partial charge in [-0.3, -0.25) is 4.79 Å². The molecule has 5 heteroatoms. The largest absolute Gasteiger partial charge is 0.545 e. The van der Waals surface area contributed by atoms with Gasteiger partial charge in [0.15, 0.2) is 0 Å². The van der Waals surface area contributed by atoms with E-state index in [9.17, 15) is 14.7 Å². The van der Waals surface area contributed by atoms with Gasteiger partial charge in [0.25, 0.3) is 0 Å². The number of aryl methyl sites for hydroxylation is 2. The molecule has 1 aromatic carbocycles. The lowest BCUT2D eigenvalue weighted by atomic mass is 10.1. The number of amides is 1. The molecule has 0 aliphatic heterocycles. The molecule has 0 radical (unpaired) electrons. The second-order valence-corrected chi connectivity index (χ2v) is 4.60. The van der Waals surface area contributed by atoms with Crippen LogP contribution in [0.3, 0.4) is 0 Å². The topological polar surface area (TPSA) is 82.4 Å². The molecule has 2 aromatic rings. The third kappa shape index (κ3) is 3.95. The van der Waals surface area contributed by atoms with Crippen molar-refractivity contribution in [1.82, 2.24) is 0 Å². The Hall–Kier alpha value is -2.56. The molecule has 0 aliphatic rings. The first-order valence-electron chi connectivity index (χ1n) is 6.78. The van der Waals surface area contributed by atoms with Gasteiger partial charge in [-0.2, -0.15) is 0 Å². The van der Waals surface area contributed by atoms with Gasteiger partial charge in [-0.05, 0) is 18.2 Å². The summed E-state index contributed by atoms with van der Waals surface area (Å²) < 4.78 is 5.51. The third-order valence-corrected chi connectivity index (χ3v) is 3.09. The zero-order valence-electron chi connectivity index (χ0n) is 11.7. The zero-order valence-corrected chi connectivity index (χ0v) is 11.7. The van der Waals surface area contributed by atoms with E-state index in [4.69, 9.17) is 4.42 Å². The van der Waals surface area contributed by atoms with Crippen molar-refractivity contribution in [2.24, 2.45) is 0 Å². The average molecular weight is 286 g/mol. The minimum Gasteiger partial charge on any atom is -0.545 e. The number of anilines is 1. The Bertz CT molecular complexity index is 645. The molecule has 1 amide bonds. The van der Waals surface area contributed by atoms with Gasteiger partial charge in [-0.15, -0.1) is 0 Å². The Morgan fingerprint density at radius 1 is 1.14 bits per heavy atom. The van der Waals surface area contributed by atoms with Gasteiger partial charge < -0.3 is 19.6 Å². The van der Waals surface area contributed by atoms with Crippen molar-refractivity contribution in [1.29, 1.82) is 0 Å². The van der Waals surface area contributed by atoms with E-state index in [0.29, 0.717) is 6.42 Å². The Morgan fingerprint density at radius 2 is 1.86 bits per heavy atom. The second-order valence-electron chi connectivity index (χ2n) is 4.60. The molecule has 0 unspecified atom stereocenters. The summed E-state index contributed by atoms with van der Waals surface area (Å²) in [5.74, 6) is 0.0468. The summed E-state index contributed by atoms with van der Waals surface area (Å²) in [4.78, 5) is 22.8. The first-order valence-corrected chi connectivity index (χ1v) is 6.78. The molecule has 5 nitrogen and oxygen atoms in total. The van der Waals surface area contributed by atoms with Crippen LogP contribution in [0.5, 0.6) is 0 Å². The fraction of sp³-hybridized carbons (Fsp3) is 0.250. The number of hydrogen-bond acceptors (Lipinski definition) is 4. The third-order valence-electron chi connectivity index (χ3n) is 3.09. The molecule has 1 aromatic heterocycles. The van der Waals surface area contributed by atoms with Crippen molar-refractivity contribution in [3.8, 4) is 0 Å². The lowest BCUT2D eigenvalue weighted by Gasteiger charge is -2.11. The molecular weight excluding hydrogens is 270 g/mol. The Kier molecular flexibility index (Phi) is 4.77. The molecule has 2 rings (SSSR count). The van der Waals surface area contributed by atoms with E-state index in [1.165, 1.54) is 12.1 Å². The van der Waals surface area contributed by atoms with Gasteiger partial charge in [0.05, 0.1) is 5.97 Å². The predicted molar refractivity (Wildman–Crippen MR) is 75.8 cm³/mol. The van der Waals surface area contributed by atoms with Crippen molar-refractivity contribution in [3.63, 3.8) is 0 Å². The van der Waals surface area contributed by atoms with E-state index < -0.39 is 5.97 Å². The number of furan rings is 1. The number of aromatic carboxylic acids is 1.